The number of rotatable bonds is 1. The van der Waals surface area contributed by atoms with Crippen molar-refractivity contribution in [1.29, 1.82) is 0 Å². The molecular weight excluding hydrogens is 138 g/mol. The van der Waals surface area contributed by atoms with Crippen molar-refractivity contribution in [2.24, 2.45) is 0 Å². The minimum absolute atomic E-state index is 0.798. The fourth-order valence-corrected chi connectivity index (χ4v) is 1.10. The average Bonchev–Trinajstić information content (AvgIpc) is 2.58. The molecule has 0 aromatic carbocycles. The van der Waals surface area contributed by atoms with Crippen molar-refractivity contribution in [2.45, 2.75) is 6.42 Å². The lowest BCUT2D eigenvalue weighted by molar-refractivity contribution is 0.306. The van der Waals surface area contributed by atoms with E-state index in [0.717, 1.165) is 24.5 Å². The van der Waals surface area contributed by atoms with Crippen LogP contribution in [0.25, 0.3) is 5.76 Å². The highest BCUT2D eigenvalue weighted by Crippen LogP contribution is 2.18. The topological polar surface area (TPSA) is 22.1 Å². The molecule has 2 rings (SSSR count). The Morgan fingerprint density at radius 1 is 1.36 bits per heavy atom. The van der Waals surface area contributed by atoms with E-state index in [1.54, 1.807) is 6.20 Å². The third-order valence-electron chi connectivity index (χ3n) is 1.62. The maximum Gasteiger partial charge on any atom is 0.141 e. The summed E-state index contributed by atoms with van der Waals surface area (Å²) in [6.07, 6.45) is 4.85. The van der Waals surface area contributed by atoms with Gasteiger partial charge in [-0.25, -0.2) is 0 Å². The molecule has 0 saturated carbocycles. The van der Waals surface area contributed by atoms with Gasteiger partial charge in [0.2, 0.25) is 0 Å². The van der Waals surface area contributed by atoms with Gasteiger partial charge >= 0.3 is 0 Å². The van der Waals surface area contributed by atoms with Gasteiger partial charge in [-0.05, 0) is 18.2 Å². The zero-order valence-electron chi connectivity index (χ0n) is 6.16. The van der Waals surface area contributed by atoms with E-state index in [1.807, 2.05) is 18.2 Å². The first kappa shape index (κ1) is 6.40. The van der Waals surface area contributed by atoms with Crippen LogP contribution in [0.3, 0.4) is 0 Å². The van der Waals surface area contributed by atoms with E-state index >= 15 is 0 Å². The van der Waals surface area contributed by atoms with E-state index in [4.69, 9.17) is 4.74 Å². The predicted octanol–water partition coefficient (Wildman–Crippen LogP) is 1.84. The van der Waals surface area contributed by atoms with Crippen molar-refractivity contribution >= 4 is 5.76 Å². The summed E-state index contributed by atoms with van der Waals surface area (Å²) in [7, 11) is 0. The lowest BCUT2D eigenvalue weighted by atomic mass is 10.3. The van der Waals surface area contributed by atoms with E-state index in [-0.39, 0.29) is 0 Å². The SMILES string of the molecule is C1=C(c2ccccn2)OCC1. The number of hydrogen-bond acceptors (Lipinski definition) is 2. The van der Waals surface area contributed by atoms with Crippen molar-refractivity contribution in [3.8, 4) is 0 Å². The summed E-state index contributed by atoms with van der Waals surface area (Å²) in [4.78, 5) is 4.17. The van der Waals surface area contributed by atoms with E-state index < -0.39 is 0 Å². The first-order chi connectivity index (χ1) is 5.47. The molecule has 2 nitrogen and oxygen atoms in total. The Hall–Kier alpha value is -1.31. The molecule has 0 radical (unpaired) electrons. The Labute approximate surface area is 65.5 Å². The molecule has 0 amide bonds. The molecule has 2 heterocycles. The number of hydrogen-bond donors (Lipinski definition) is 0. The molecule has 0 spiro atoms. The summed E-state index contributed by atoms with van der Waals surface area (Å²) in [5.74, 6) is 0.922. The molecule has 0 bridgehead atoms. The first-order valence-corrected chi connectivity index (χ1v) is 3.71. The summed E-state index contributed by atoms with van der Waals surface area (Å²) < 4.78 is 5.34. The molecule has 11 heavy (non-hydrogen) atoms. The first-order valence-electron chi connectivity index (χ1n) is 3.71. The normalized spacial score (nSPS) is 15.8. The maximum absolute atomic E-state index is 5.34. The summed E-state index contributed by atoms with van der Waals surface area (Å²) in [5, 5.41) is 0. The second kappa shape index (κ2) is 2.74. The van der Waals surface area contributed by atoms with Crippen LogP contribution in [0.1, 0.15) is 12.1 Å². The fourth-order valence-electron chi connectivity index (χ4n) is 1.10. The third kappa shape index (κ3) is 1.24. The molecule has 0 fully saturated rings. The van der Waals surface area contributed by atoms with Crippen molar-refractivity contribution in [3.63, 3.8) is 0 Å². The van der Waals surface area contributed by atoms with Crippen LogP contribution in [-0.2, 0) is 4.74 Å². The summed E-state index contributed by atoms with van der Waals surface area (Å²) in [5.41, 5.74) is 0.935. The van der Waals surface area contributed by atoms with Crippen LogP contribution >= 0.6 is 0 Å². The molecule has 0 N–H and O–H groups in total. The molecule has 0 saturated heterocycles. The van der Waals surface area contributed by atoms with E-state index in [2.05, 4.69) is 11.1 Å². The van der Waals surface area contributed by atoms with E-state index in [1.165, 1.54) is 0 Å². The van der Waals surface area contributed by atoms with Crippen molar-refractivity contribution in [1.82, 2.24) is 4.98 Å². The molecular formula is C9H9NO. The van der Waals surface area contributed by atoms with Gasteiger partial charge in [0.25, 0.3) is 0 Å². The number of pyridine rings is 1. The Morgan fingerprint density at radius 3 is 3.00 bits per heavy atom. The van der Waals surface area contributed by atoms with Gasteiger partial charge in [0.15, 0.2) is 0 Å². The average molecular weight is 147 g/mol. The zero-order valence-corrected chi connectivity index (χ0v) is 6.16. The number of nitrogens with zero attached hydrogens (tertiary/aromatic N) is 1. The minimum Gasteiger partial charge on any atom is -0.491 e. The Bertz CT molecular complexity index is 266. The van der Waals surface area contributed by atoms with Gasteiger partial charge in [0.05, 0.1) is 6.61 Å². The second-order valence-electron chi connectivity index (χ2n) is 2.42. The molecule has 1 aromatic rings. The van der Waals surface area contributed by atoms with Crippen LogP contribution in [0.4, 0.5) is 0 Å². The molecule has 1 aromatic heterocycles. The van der Waals surface area contributed by atoms with Crippen LogP contribution in [0, 0.1) is 0 Å². The molecule has 0 aliphatic carbocycles. The van der Waals surface area contributed by atoms with Gasteiger partial charge < -0.3 is 4.74 Å². The quantitative estimate of drug-likeness (QED) is 0.604. The lowest BCUT2D eigenvalue weighted by Crippen LogP contribution is -1.88. The molecule has 2 heteroatoms. The largest absolute Gasteiger partial charge is 0.491 e. The standard InChI is InChI=1S/C9H9NO/c1-2-6-10-8(4-1)9-5-3-7-11-9/h1-2,4-6H,3,7H2. The fraction of sp³-hybridized carbons (Fsp3) is 0.222. The van der Waals surface area contributed by atoms with Crippen LogP contribution in [0.5, 0.6) is 0 Å². The van der Waals surface area contributed by atoms with E-state index in [9.17, 15) is 0 Å². The lowest BCUT2D eigenvalue weighted by Gasteiger charge is -2.00. The molecule has 1 aliphatic heterocycles. The van der Waals surface area contributed by atoms with Gasteiger partial charge in [-0.1, -0.05) is 6.07 Å². The van der Waals surface area contributed by atoms with Crippen LogP contribution in [0.2, 0.25) is 0 Å². The Balaban J connectivity index is 2.29. The second-order valence-corrected chi connectivity index (χ2v) is 2.42. The number of aromatic nitrogens is 1. The van der Waals surface area contributed by atoms with Crippen molar-refractivity contribution in [3.05, 3.63) is 36.2 Å². The summed E-state index contributed by atoms with van der Waals surface area (Å²) in [6, 6.07) is 5.82. The highest BCUT2D eigenvalue weighted by Gasteiger charge is 2.07. The van der Waals surface area contributed by atoms with Gasteiger partial charge in [-0.3, -0.25) is 4.98 Å². The van der Waals surface area contributed by atoms with E-state index in [0.29, 0.717) is 0 Å². The minimum atomic E-state index is 0.798. The molecule has 56 valence electrons. The van der Waals surface area contributed by atoms with Crippen LogP contribution in [-0.4, -0.2) is 11.6 Å². The van der Waals surface area contributed by atoms with Gasteiger partial charge in [-0.2, -0.15) is 0 Å². The van der Waals surface area contributed by atoms with Crippen LogP contribution < -0.4 is 0 Å². The van der Waals surface area contributed by atoms with Gasteiger partial charge in [0, 0.05) is 12.6 Å². The number of ether oxygens (including phenoxy) is 1. The highest BCUT2D eigenvalue weighted by atomic mass is 16.5. The summed E-state index contributed by atoms with van der Waals surface area (Å²) in [6.45, 7) is 0.798. The Kier molecular flexibility index (Phi) is 1.60. The zero-order chi connectivity index (χ0) is 7.52. The van der Waals surface area contributed by atoms with Crippen molar-refractivity contribution < 1.29 is 4.74 Å². The van der Waals surface area contributed by atoms with Gasteiger partial charge in [-0.15, -0.1) is 0 Å². The monoisotopic (exact) mass is 147 g/mol. The molecule has 0 unspecified atom stereocenters. The maximum atomic E-state index is 5.34. The van der Waals surface area contributed by atoms with Crippen molar-refractivity contribution in [2.75, 3.05) is 6.61 Å². The predicted molar refractivity (Wildman–Crippen MR) is 42.8 cm³/mol. The molecule has 1 aliphatic rings. The third-order valence-corrected chi connectivity index (χ3v) is 1.62. The highest BCUT2D eigenvalue weighted by molar-refractivity contribution is 5.57. The summed E-state index contributed by atoms with van der Waals surface area (Å²) >= 11 is 0. The van der Waals surface area contributed by atoms with Crippen LogP contribution in [0.15, 0.2) is 30.5 Å². The smallest absolute Gasteiger partial charge is 0.141 e. The molecule has 0 atom stereocenters. The Morgan fingerprint density at radius 2 is 2.36 bits per heavy atom. The van der Waals surface area contributed by atoms with Gasteiger partial charge in [0.1, 0.15) is 11.5 Å².